The monoisotopic (exact) mass is 453 g/mol. The largest absolute Gasteiger partial charge is 0.423 e. The Morgan fingerprint density at radius 3 is 2.34 bits per heavy atom. The first-order valence-electron chi connectivity index (χ1n) is 9.35. The van der Waals surface area contributed by atoms with Gasteiger partial charge in [-0.15, -0.1) is 0 Å². The number of amides is 2. The van der Waals surface area contributed by atoms with E-state index in [1.807, 2.05) is 0 Å². The molecule has 0 unspecified atom stereocenters. The summed E-state index contributed by atoms with van der Waals surface area (Å²) >= 11 is 5.98. The number of benzene rings is 3. The molecule has 0 saturated heterocycles. The molecule has 0 atom stereocenters. The number of carbonyl (C=O) groups excluding carboxylic acids is 3. The van der Waals surface area contributed by atoms with Crippen molar-refractivity contribution in [3.63, 3.8) is 0 Å². The Balaban J connectivity index is 1.45. The maximum absolute atomic E-state index is 12.9. The van der Waals surface area contributed by atoms with Crippen molar-refractivity contribution < 1.29 is 23.5 Å². The molecule has 162 valence electrons. The summed E-state index contributed by atoms with van der Waals surface area (Å²) in [5.74, 6) is -1.76. The molecule has 0 saturated carbocycles. The Bertz CT molecular complexity index is 1150. The molecule has 3 aromatic rings. The fourth-order valence-corrected chi connectivity index (χ4v) is 2.71. The molecule has 0 heterocycles. The number of esters is 1. The molecule has 0 aromatic heterocycles. The quantitative estimate of drug-likeness (QED) is 0.247. The Labute approximate surface area is 187 Å². The average Bonchev–Trinajstić information content (AvgIpc) is 2.79. The highest BCUT2D eigenvalue weighted by molar-refractivity contribution is 6.33. The van der Waals surface area contributed by atoms with Crippen molar-refractivity contribution in [3.05, 3.63) is 100 Å². The summed E-state index contributed by atoms with van der Waals surface area (Å²) in [7, 11) is 0. The molecule has 3 rings (SSSR count). The van der Waals surface area contributed by atoms with E-state index >= 15 is 0 Å². The van der Waals surface area contributed by atoms with Crippen LogP contribution in [-0.4, -0.2) is 30.5 Å². The molecule has 3 aromatic carbocycles. The van der Waals surface area contributed by atoms with Gasteiger partial charge in [0.25, 0.3) is 11.8 Å². The van der Waals surface area contributed by atoms with Crippen LogP contribution in [-0.2, 0) is 4.79 Å². The van der Waals surface area contributed by atoms with E-state index in [0.717, 1.165) is 12.1 Å². The average molecular weight is 454 g/mol. The van der Waals surface area contributed by atoms with Crippen LogP contribution in [0.2, 0.25) is 5.02 Å². The summed E-state index contributed by atoms with van der Waals surface area (Å²) in [4.78, 5) is 35.8. The van der Waals surface area contributed by atoms with Crippen molar-refractivity contribution in [1.82, 2.24) is 10.7 Å². The summed E-state index contributed by atoms with van der Waals surface area (Å²) in [6.45, 7) is -0.301. The van der Waals surface area contributed by atoms with Crippen LogP contribution < -0.4 is 15.5 Å². The lowest BCUT2D eigenvalue weighted by molar-refractivity contribution is -0.120. The van der Waals surface area contributed by atoms with Crippen LogP contribution in [0, 0.1) is 5.82 Å². The summed E-state index contributed by atoms with van der Waals surface area (Å²) in [6, 6.07) is 17.9. The predicted molar refractivity (Wildman–Crippen MR) is 117 cm³/mol. The minimum absolute atomic E-state index is 0.234. The molecule has 0 bridgehead atoms. The second kappa shape index (κ2) is 10.8. The molecule has 0 fully saturated rings. The van der Waals surface area contributed by atoms with E-state index in [4.69, 9.17) is 16.3 Å². The van der Waals surface area contributed by atoms with Gasteiger partial charge in [0.2, 0.25) is 0 Å². The lowest BCUT2D eigenvalue weighted by Crippen LogP contribution is -2.34. The van der Waals surface area contributed by atoms with E-state index in [-0.39, 0.29) is 17.7 Å². The van der Waals surface area contributed by atoms with Gasteiger partial charge in [-0.25, -0.2) is 14.6 Å². The van der Waals surface area contributed by atoms with Crippen LogP contribution in [0.25, 0.3) is 0 Å². The maximum atomic E-state index is 12.9. The molecule has 2 amide bonds. The van der Waals surface area contributed by atoms with Gasteiger partial charge in [-0.2, -0.15) is 5.10 Å². The highest BCUT2D eigenvalue weighted by Crippen LogP contribution is 2.18. The number of hydrogen-bond acceptors (Lipinski definition) is 5. The van der Waals surface area contributed by atoms with Crippen LogP contribution in [0.1, 0.15) is 26.3 Å². The Morgan fingerprint density at radius 2 is 1.66 bits per heavy atom. The molecule has 0 aliphatic carbocycles. The second-order valence-electron chi connectivity index (χ2n) is 6.42. The minimum Gasteiger partial charge on any atom is -0.423 e. The normalized spacial score (nSPS) is 10.6. The van der Waals surface area contributed by atoms with Gasteiger partial charge in [-0.3, -0.25) is 9.59 Å². The van der Waals surface area contributed by atoms with Crippen LogP contribution >= 0.6 is 11.6 Å². The molecule has 7 nitrogen and oxygen atoms in total. The van der Waals surface area contributed by atoms with E-state index in [0.29, 0.717) is 16.3 Å². The third kappa shape index (κ3) is 6.48. The van der Waals surface area contributed by atoms with Gasteiger partial charge >= 0.3 is 5.97 Å². The topological polar surface area (TPSA) is 96.9 Å². The number of nitrogens with one attached hydrogen (secondary N) is 2. The summed E-state index contributed by atoms with van der Waals surface area (Å²) in [5, 5.41) is 6.50. The summed E-state index contributed by atoms with van der Waals surface area (Å²) < 4.78 is 18.1. The zero-order chi connectivity index (χ0) is 22.9. The first kappa shape index (κ1) is 22.6. The molecule has 0 aliphatic heterocycles. The number of rotatable bonds is 7. The molecule has 0 spiro atoms. The molecule has 0 radical (unpaired) electrons. The zero-order valence-electron chi connectivity index (χ0n) is 16.5. The first-order chi connectivity index (χ1) is 15.4. The zero-order valence-corrected chi connectivity index (χ0v) is 17.3. The van der Waals surface area contributed by atoms with Crippen LogP contribution in [0.5, 0.6) is 5.75 Å². The van der Waals surface area contributed by atoms with Gasteiger partial charge in [-0.1, -0.05) is 23.7 Å². The third-order valence-corrected chi connectivity index (χ3v) is 4.43. The molecule has 0 aliphatic rings. The Morgan fingerprint density at radius 1 is 0.969 bits per heavy atom. The number of carbonyl (C=O) groups is 3. The van der Waals surface area contributed by atoms with Gasteiger partial charge in [0.05, 0.1) is 23.3 Å². The van der Waals surface area contributed by atoms with Crippen LogP contribution in [0.4, 0.5) is 4.39 Å². The third-order valence-electron chi connectivity index (χ3n) is 4.10. The highest BCUT2D eigenvalue weighted by atomic mass is 35.5. The van der Waals surface area contributed by atoms with Crippen LogP contribution in [0.15, 0.2) is 77.9 Å². The molecular weight excluding hydrogens is 437 g/mol. The highest BCUT2D eigenvalue weighted by Gasteiger charge is 2.12. The number of hydrogen-bond donors (Lipinski definition) is 2. The van der Waals surface area contributed by atoms with Gasteiger partial charge < -0.3 is 10.1 Å². The van der Waals surface area contributed by atoms with Crippen molar-refractivity contribution in [2.45, 2.75) is 0 Å². The lowest BCUT2D eigenvalue weighted by Gasteiger charge is -2.06. The number of halogens is 2. The minimum atomic E-state index is -0.577. The second-order valence-corrected chi connectivity index (χ2v) is 6.83. The fraction of sp³-hybridized carbons (Fsp3) is 0.0435. The van der Waals surface area contributed by atoms with Gasteiger partial charge in [0, 0.05) is 5.56 Å². The Kier molecular flexibility index (Phi) is 7.66. The van der Waals surface area contributed by atoms with Crippen molar-refractivity contribution >= 4 is 35.6 Å². The Hall–Kier alpha value is -4.04. The standard InChI is InChI=1S/C23H17ClFN3O4/c24-20-4-2-1-3-19(20)23(31)32-18-11-5-15(6-12-18)13-27-28-21(29)14-26-22(30)16-7-9-17(25)10-8-16/h1-13H,14H2,(H,26,30)(H,28,29)/b27-13+. The number of hydrazone groups is 1. The first-order valence-corrected chi connectivity index (χ1v) is 9.72. The smallest absolute Gasteiger partial charge is 0.345 e. The number of ether oxygens (including phenoxy) is 1. The van der Waals surface area contributed by atoms with E-state index in [1.165, 1.54) is 18.3 Å². The summed E-state index contributed by atoms with van der Waals surface area (Å²) in [5.41, 5.74) is 3.41. The van der Waals surface area contributed by atoms with Gasteiger partial charge in [-0.05, 0) is 66.2 Å². The van der Waals surface area contributed by atoms with E-state index in [1.54, 1.807) is 48.5 Å². The molecular formula is C23H17ClFN3O4. The summed E-state index contributed by atoms with van der Waals surface area (Å²) in [6.07, 6.45) is 1.39. The van der Waals surface area contributed by atoms with Crippen molar-refractivity contribution in [2.24, 2.45) is 5.10 Å². The van der Waals surface area contributed by atoms with Crippen molar-refractivity contribution in [2.75, 3.05) is 6.54 Å². The predicted octanol–water partition coefficient (Wildman–Crippen LogP) is 3.58. The van der Waals surface area contributed by atoms with E-state index in [2.05, 4.69) is 15.8 Å². The number of nitrogens with zero attached hydrogens (tertiary/aromatic N) is 1. The van der Waals surface area contributed by atoms with Crippen LogP contribution in [0.3, 0.4) is 0 Å². The van der Waals surface area contributed by atoms with Gasteiger partial charge in [0.15, 0.2) is 0 Å². The molecule has 2 N–H and O–H groups in total. The fourth-order valence-electron chi connectivity index (χ4n) is 2.49. The molecule has 32 heavy (non-hydrogen) atoms. The van der Waals surface area contributed by atoms with E-state index in [9.17, 15) is 18.8 Å². The van der Waals surface area contributed by atoms with Crippen molar-refractivity contribution in [1.29, 1.82) is 0 Å². The van der Waals surface area contributed by atoms with Gasteiger partial charge in [0.1, 0.15) is 11.6 Å². The van der Waals surface area contributed by atoms with E-state index < -0.39 is 23.6 Å². The lowest BCUT2D eigenvalue weighted by atomic mass is 10.2. The SMILES string of the molecule is O=C(CNC(=O)c1ccc(F)cc1)N/N=C/c1ccc(OC(=O)c2ccccc2Cl)cc1. The molecule has 9 heteroatoms. The maximum Gasteiger partial charge on any atom is 0.345 e. The van der Waals surface area contributed by atoms with Crippen molar-refractivity contribution in [3.8, 4) is 5.75 Å².